The van der Waals surface area contributed by atoms with Gasteiger partial charge in [-0.15, -0.1) is 0 Å². The molecule has 0 atom stereocenters. The second kappa shape index (κ2) is 10.5. The van der Waals surface area contributed by atoms with Crippen LogP contribution in [0.15, 0.2) is 66.9 Å². The van der Waals surface area contributed by atoms with Crippen molar-refractivity contribution < 1.29 is 18.0 Å². The van der Waals surface area contributed by atoms with Crippen molar-refractivity contribution in [1.29, 1.82) is 0 Å². The molecule has 0 fully saturated rings. The number of benzene rings is 2. The van der Waals surface area contributed by atoms with Gasteiger partial charge in [0.25, 0.3) is 5.91 Å². The normalized spacial score (nSPS) is 11.5. The number of halogens is 3. The molecule has 1 heterocycles. The Hall–Kier alpha value is -3.02. The van der Waals surface area contributed by atoms with E-state index in [1.807, 2.05) is 52.1 Å². The van der Waals surface area contributed by atoms with E-state index >= 15 is 0 Å². The Balaban J connectivity index is 1.79. The average Bonchev–Trinajstić information content (AvgIpc) is 3.22. The number of hydrogen-bond donors (Lipinski definition) is 0. The van der Waals surface area contributed by atoms with Crippen LogP contribution in [0.4, 0.5) is 13.2 Å². The summed E-state index contributed by atoms with van der Waals surface area (Å²) in [5.74, 6) is -0.0343. The first-order valence-corrected chi connectivity index (χ1v) is 11.0. The molecule has 170 valence electrons. The number of amides is 1. The molecule has 0 spiro atoms. The lowest BCUT2D eigenvalue weighted by molar-refractivity contribution is -0.137. The topological polar surface area (TPSA) is 25.2 Å². The molecule has 3 rings (SSSR count). The molecule has 0 radical (unpaired) electrons. The van der Waals surface area contributed by atoms with Crippen LogP contribution in [0.3, 0.4) is 0 Å². The lowest BCUT2D eigenvalue weighted by atomic mass is 10.1. The number of unbranched alkanes of at least 4 members (excludes halogenated alkanes) is 1. The number of nitrogens with zero attached hydrogens (tertiary/aromatic N) is 2. The third-order valence-electron chi connectivity index (χ3n) is 5.56. The van der Waals surface area contributed by atoms with Crippen LogP contribution in [0.5, 0.6) is 0 Å². The minimum atomic E-state index is -4.37. The summed E-state index contributed by atoms with van der Waals surface area (Å²) in [5.41, 5.74) is 2.63. The second-order valence-corrected chi connectivity index (χ2v) is 7.96. The first kappa shape index (κ1) is 23.6. The molecule has 2 aromatic carbocycles. The monoisotopic (exact) mass is 442 g/mol. The molecular formula is C26H29F3N2O. The van der Waals surface area contributed by atoms with E-state index in [4.69, 9.17) is 0 Å². The molecule has 1 aromatic heterocycles. The number of carbonyl (C=O) groups excluding carboxylic acids is 1. The van der Waals surface area contributed by atoms with Gasteiger partial charge in [-0.2, -0.15) is 13.2 Å². The van der Waals surface area contributed by atoms with Gasteiger partial charge in [-0.1, -0.05) is 44.5 Å². The molecule has 0 unspecified atom stereocenters. The van der Waals surface area contributed by atoms with Crippen molar-refractivity contribution in [2.24, 2.45) is 0 Å². The van der Waals surface area contributed by atoms with Crippen molar-refractivity contribution in [1.82, 2.24) is 9.47 Å². The molecule has 6 heteroatoms. The Kier molecular flexibility index (Phi) is 7.78. The van der Waals surface area contributed by atoms with Crippen LogP contribution in [-0.2, 0) is 25.7 Å². The van der Waals surface area contributed by atoms with Crippen LogP contribution in [-0.4, -0.2) is 21.9 Å². The van der Waals surface area contributed by atoms with Crippen molar-refractivity contribution in [2.75, 3.05) is 6.54 Å². The van der Waals surface area contributed by atoms with Gasteiger partial charge in [0.15, 0.2) is 0 Å². The summed E-state index contributed by atoms with van der Waals surface area (Å²) < 4.78 is 41.1. The van der Waals surface area contributed by atoms with Gasteiger partial charge in [-0.05, 0) is 60.4 Å². The SMILES string of the molecule is CCCCN(Cc1cccn1Cc1cccc(C(F)(F)F)c1)C(=O)c1ccc(CC)cc1. The van der Waals surface area contributed by atoms with Gasteiger partial charge in [0.05, 0.1) is 12.1 Å². The standard InChI is InChI=1S/C26H29F3N2O/c1-3-5-15-31(25(32)22-13-11-20(4-2)12-14-22)19-24-10-7-16-30(24)18-21-8-6-9-23(17-21)26(27,28)29/h6-14,16-17H,3-5,15,18-19H2,1-2H3. The van der Waals surface area contributed by atoms with Crippen LogP contribution < -0.4 is 0 Å². The number of alkyl halides is 3. The maximum absolute atomic E-state index is 13.2. The van der Waals surface area contributed by atoms with Gasteiger partial charge >= 0.3 is 6.18 Å². The van der Waals surface area contributed by atoms with Crippen LogP contribution in [0.25, 0.3) is 0 Å². The van der Waals surface area contributed by atoms with E-state index in [0.29, 0.717) is 30.8 Å². The number of aromatic nitrogens is 1. The van der Waals surface area contributed by atoms with Crippen LogP contribution >= 0.6 is 0 Å². The summed E-state index contributed by atoms with van der Waals surface area (Å²) in [6.45, 7) is 5.49. The Bertz CT molecular complexity index is 1020. The molecule has 32 heavy (non-hydrogen) atoms. The first-order valence-electron chi connectivity index (χ1n) is 11.0. The van der Waals surface area contributed by atoms with Crippen LogP contribution in [0.2, 0.25) is 0 Å². The van der Waals surface area contributed by atoms with E-state index in [-0.39, 0.29) is 5.91 Å². The van der Waals surface area contributed by atoms with Crippen molar-refractivity contribution in [2.45, 2.75) is 52.4 Å². The molecule has 3 aromatic rings. The summed E-state index contributed by atoms with van der Waals surface area (Å²) in [6, 6.07) is 16.8. The highest BCUT2D eigenvalue weighted by Crippen LogP contribution is 2.29. The second-order valence-electron chi connectivity index (χ2n) is 7.96. The van der Waals surface area contributed by atoms with E-state index in [2.05, 4.69) is 13.8 Å². The summed E-state index contributed by atoms with van der Waals surface area (Å²) in [5, 5.41) is 0. The van der Waals surface area contributed by atoms with Crippen molar-refractivity contribution in [3.63, 3.8) is 0 Å². The van der Waals surface area contributed by atoms with Crippen LogP contribution in [0.1, 0.15) is 59.4 Å². The summed E-state index contributed by atoms with van der Waals surface area (Å²) in [4.78, 5) is 15.0. The van der Waals surface area contributed by atoms with Crippen molar-refractivity contribution in [3.8, 4) is 0 Å². The van der Waals surface area contributed by atoms with Gasteiger partial charge in [0.1, 0.15) is 0 Å². The maximum atomic E-state index is 13.2. The number of hydrogen-bond acceptors (Lipinski definition) is 1. The minimum absolute atomic E-state index is 0.0343. The highest BCUT2D eigenvalue weighted by Gasteiger charge is 2.30. The number of aryl methyl sites for hydroxylation is 1. The van der Waals surface area contributed by atoms with Crippen LogP contribution in [0, 0.1) is 0 Å². The average molecular weight is 443 g/mol. The molecule has 0 N–H and O–H groups in total. The van der Waals surface area contributed by atoms with E-state index in [1.165, 1.54) is 17.7 Å². The Labute approximate surface area is 187 Å². The summed E-state index contributed by atoms with van der Waals surface area (Å²) >= 11 is 0. The third-order valence-corrected chi connectivity index (χ3v) is 5.56. The van der Waals surface area contributed by atoms with Crippen molar-refractivity contribution >= 4 is 5.91 Å². The molecule has 0 aliphatic heterocycles. The zero-order chi connectivity index (χ0) is 23.1. The molecule has 0 bridgehead atoms. The quantitative estimate of drug-likeness (QED) is 0.368. The van der Waals surface area contributed by atoms with Gasteiger partial charge in [-0.25, -0.2) is 0 Å². The smallest absolute Gasteiger partial charge is 0.345 e. The predicted octanol–water partition coefficient (Wildman–Crippen LogP) is 6.56. The molecule has 0 saturated carbocycles. The highest BCUT2D eigenvalue weighted by atomic mass is 19.4. The molecule has 0 aliphatic rings. The van der Waals surface area contributed by atoms with Gasteiger partial charge in [0.2, 0.25) is 0 Å². The largest absolute Gasteiger partial charge is 0.416 e. The zero-order valence-corrected chi connectivity index (χ0v) is 18.5. The first-order chi connectivity index (χ1) is 15.3. The Morgan fingerprint density at radius 3 is 2.38 bits per heavy atom. The fraction of sp³-hybridized carbons (Fsp3) is 0.346. The third kappa shape index (κ3) is 6.02. The minimum Gasteiger partial charge on any atom is -0.345 e. The van der Waals surface area contributed by atoms with Gasteiger partial charge in [-0.3, -0.25) is 4.79 Å². The van der Waals surface area contributed by atoms with Gasteiger partial charge < -0.3 is 9.47 Å². The zero-order valence-electron chi connectivity index (χ0n) is 18.5. The van der Waals surface area contributed by atoms with Gasteiger partial charge in [0, 0.05) is 30.5 Å². The lowest BCUT2D eigenvalue weighted by Crippen LogP contribution is -2.32. The molecule has 0 aliphatic carbocycles. The maximum Gasteiger partial charge on any atom is 0.416 e. The molecule has 3 nitrogen and oxygen atoms in total. The van der Waals surface area contributed by atoms with E-state index in [9.17, 15) is 18.0 Å². The Morgan fingerprint density at radius 2 is 1.72 bits per heavy atom. The summed E-state index contributed by atoms with van der Waals surface area (Å²) in [6.07, 6.45) is 0.230. The van der Waals surface area contributed by atoms with Crippen molar-refractivity contribution in [3.05, 3.63) is 94.8 Å². The fourth-order valence-corrected chi connectivity index (χ4v) is 3.65. The van der Waals surface area contributed by atoms with E-state index in [1.54, 1.807) is 6.07 Å². The molecule has 0 saturated heterocycles. The molecule has 1 amide bonds. The predicted molar refractivity (Wildman–Crippen MR) is 120 cm³/mol. The fourth-order valence-electron chi connectivity index (χ4n) is 3.65. The molecular weight excluding hydrogens is 413 g/mol. The summed E-state index contributed by atoms with van der Waals surface area (Å²) in [7, 11) is 0. The number of rotatable bonds is 9. The van der Waals surface area contributed by atoms with E-state index in [0.717, 1.165) is 31.0 Å². The number of carbonyl (C=O) groups is 1. The highest BCUT2D eigenvalue weighted by molar-refractivity contribution is 5.94. The van der Waals surface area contributed by atoms with E-state index < -0.39 is 11.7 Å². The Morgan fingerprint density at radius 1 is 0.969 bits per heavy atom. The lowest BCUT2D eigenvalue weighted by Gasteiger charge is -2.24.